The van der Waals surface area contributed by atoms with Crippen LogP contribution in [0, 0.1) is 6.92 Å². The molecule has 0 aliphatic rings. The quantitative estimate of drug-likeness (QED) is 0.420. The molecule has 0 unspecified atom stereocenters. The number of esters is 1. The minimum atomic E-state index is -0.499. The van der Waals surface area contributed by atoms with Crippen molar-refractivity contribution in [3.63, 3.8) is 0 Å². The summed E-state index contributed by atoms with van der Waals surface area (Å²) < 4.78 is 6.24. The topological polar surface area (TPSA) is 59.5 Å². The Labute approximate surface area is 172 Å². The number of hydrogen-bond acceptors (Lipinski definition) is 6. The zero-order chi connectivity index (χ0) is 19.9. The first-order valence-electron chi connectivity index (χ1n) is 8.66. The van der Waals surface area contributed by atoms with E-state index in [0.717, 1.165) is 21.3 Å². The van der Waals surface area contributed by atoms with E-state index in [1.807, 2.05) is 54.8 Å². The van der Waals surface area contributed by atoms with E-state index in [1.165, 1.54) is 4.90 Å². The second kappa shape index (κ2) is 9.52. The first-order valence-corrected chi connectivity index (χ1v) is 10.5. The third-order valence-corrected chi connectivity index (χ3v) is 6.22. The lowest BCUT2D eigenvalue weighted by Crippen LogP contribution is -2.31. The summed E-state index contributed by atoms with van der Waals surface area (Å²) in [7, 11) is 1.66. The summed E-state index contributed by atoms with van der Waals surface area (Å²) in [5, 5.41) is 2.00. The van der Waals surface area contributed by atoms with Gasteiger partial charge in [0.2, 0.25) is 0 Å². The normalized spacial score (nSPS) is 10.5. The Morgan fingerprint density at radius 2 is 1.82 bits per heavy atom. The molecule has 0 saturated carbocycles. The van der Waals surface area contributed by atoms with Crippen LogP contribution in [-0.2, 0) is 15.3 Å². The lowest BCUT2D eigenvalue weighted by Gasteiger charge is -2.17. The first kappa shape index (κ1) is 20.1. The minimum absolute atomic E-state index is 0.287. The predicted octanol–water partition coefficient (Wildman–Crippen LogP) is 4.56. The van der Waals surface area contributed by atoms with E-state index in [1.54, 1.807) is 42.3 Å². The number of hydrogen-bond donors (Lipinski definition) is 0. The fourth-order valence-electron chi connectivity index (χ4n) is 2.48. The van der Waals surface area contributed by atoms with Gasteiger partial charge in [0.1, 0.15) is 4.34 Å². The summed E-state index contributed by atoms with van der Waals surface area (Å²) in [5.74, 6) is -0.179. The number of anilines is 1. The molecule has 5 nitrogen and oxygen atoms in total. The average molecular weight is 413 g/mol. The molecular weight excluding hydrogens is 392 g/mol. The molecule has 3 rings (SSSR count). The Kier molecular flexibility index (Phi) is 6.84. The standard InChI is InChI=1S/C21H20N2O3S2/c1-15-13-27-21(22-15)28-14-16-8-6-7-11-18(16)20(25)26-12-19(24)23(2)17-9-4-3-5-10-17/h3-11,13H,12,14H2,1-2H3. The fourth-order valence-corrected chi connectivity index (χ4v) is 4.33. The monoisotopic (exact) mass is 412 g/mol. The van der Waals surface area contributed by atoms with Crippen LogP contribution in [0.5, 0.6) is 0 Å². The molecule has 0 radical (unpaired) electrons. The molecule has 1 aromatic heterocycles. The van der Waals surface area contributed by atoms with E-state index in [2.05, 4.69) is 4.98 Å². The van der Waals surface area contributed by atoms with Gasteiger partial charge in [0.05, 0.1) is 5.56 Å². The summed E-state index contributed by atoms with van der Waals surface area (Å²) in [5.41, 5.74) is 3.06. The van der Waals surface area contributed by atoms with Crippen molar-refractivity contribution in [2.24, 2.45) is 0 Å². The molecule has 0 fully saturated rings. The molecule has 0 aliphatic carbocycles. The zero-order valence-electron chi connectivity index (χ0n) is 15.6. The Hall–Kier alpha value is -2.64. The number of thioether (sulfide) groups is 1. The van der Waals surface area contributed by atoms with Crippen molar-refractivity contribution in [1.29, 1.82) is 0 Å². The minimum Gasteiger partial charge on any atom is -0.452 e. The van der Waals surface area contributed by atoms with Crippen molar-refractivity contribution >= 4 is 40.7 Å². The van der Waals surface area contributed by atoms with Crippen LogP contribution in [0.2, 0.25) is 0 Å². The number of amides is 1. The lowest BCUT2D eigenvalue weighted by atomic mass is 10.1. The van der Waals surface area contributed by atoms with Crippen molar-refractivity contribution < 1.29 is 14.3 Å². The Morgan fingerprint density at radius 1 is 1.11 bits per heavy atom. The molecule has 1 heterocycles. The molecule has 7 heteroatoms. The van der Waals surface area contributed by atoms with Crippen LogP contribution in [0.25, 0.3) is 0 Å². The molecule has 28 heavy (non-hydrogen) atoms. The molecular formula is C21H20N2O3S2. The predicted molar refractivity (Wildman–Crippen MR) is 113 cm³/mol. The molecule has 144 valence electrons. The van der Waals surface area contributed by atoms with Crippen molar-refractivity contribution in [2.45, 2.75) is 17.0 Å². The van der Waals surface area contributed by atoms with Crippen molar-refractivity contribution in [3.05, 3.63) is 76.8 Å². The number of carbonyl (C=O) groups is 2. The Balaban J connectivity index is 1.60. The summed E-state index contributed by atoms with van der Waals surface area (Å²) in [4.78, 5) is 30.7. The maximum Gasteiger partial charge on any atom is 0.338 e. The highest BCUT2D eigenvalue weighted by molar-refractivity contribution is 8.00. The second-order valence-corrected chi connectivity index (χ2v) is 8.15. The van der Waals surface area contributed by atoms with Gasteiger partial charge in [0.15, 0.2) is 6.61 Å². The molecule has 0 bridgehead atoms. The third-order valence-electron chi connectivity index (χ3n) is 4.03. The highest BCUT2D eigenvalue weighted by Gasteiger charge is 2.17. The average Bonchev–Trinajstić information content (AvgIpc) is 3.15. The van der Waals surface area contributed by atoms with Gasteiger partial charge in [-0.25, -0.2) is 9.78 Å². The maximum atomic E-state index is 12.5. The molecule has 0 saturated heterocycles. The van der Waals surface area contributed by atoms with Gasteiger partial charge in [0.25, 0.3) is 5.91 Å². The van der Waals surface area contributed by atoms with E-state index in [0.29, 0.717) is 11.3 Å². The number of nitrogens with zero attached hydrogens (tertiary/aromatic N) is 2. The van der Waals surface area contributed by atoms with Gasteiger partial charge in [0, 0.05) is 29.6 Å². The van der Waals surface area contributed by atoms with Crippen LogP contribution >= 0.6 is 23.1 Å². The van der Waals surface area contributed by atoms with Gasteiger partial charge in [-0.15, -0.1) is 11.3 Å². The van der Waals surface area contributed by atoms with Gasteiger partial charge >= 0.3 is 5.97 Å². The van der Waals surface area contributed by atoms with Crippen LogP contribution in [0.1, 0.15) is 21.6 Å². The van der Waals surface area contributed by atoms with Crippen molar-refractivity contribution in [2.75, 3.05) is 18.6 Å². The molecule has 0 aliphatic heterocycles. The summed E-state index contributed by atoms with van der Waals surface area (Å²) in [6.45, 7) is 1.65. The van der Waals surface area contributed by atoms with Gasteiger partial charge < -0.3 is 9.64 Å². The molecule has 0 atom stereocenters. The maximum absolute atomic E-state index is 12.5. The van der Waals surface area contributed by atoms with E-state index in [9.17, 15) is 9.59 Å². The van der Waals surface area contributed by atoms with Crippen molar-refractivity contribution in [1.82, 2.24) is 4.98 Å². The van der Waals surface area contributed by atoms with Crippen LogP contribution in [-0.4, -0.2) is 30.5 Å². The number of aromatic nitrogens is 1. The molecule has 0 spiro atoms. The highest BCUT2D eigenvalue weighted by atomic mass is 32.2. The van der Waals surface area contributed by atoms with Crippen molar-refractivity contribution in [3.8, 4) is 0 Å². The largest absolute Gasteiger partial charge is 0.452 e. The van der Waals surface area contributed by atoms with E-state index >= 15 is 0 Å². The zero-order valence-corrected chi connectivity index (χ0v) is 17.3. The number of carbonyl (C=O) groups excluding carboxylic acids is 2. The fraction of sp³-hybridized carbons (Fsp3) is 0.190. The van der Waals surface area contributed by atoms with Gasteiger partial charge in [-0.05, 0) is 30.7 Å². The molecule has 0 N–H and O–H groups in total. The second-order valence-electron chi connectivity index (χ2n) is 6.07. The van der Waals surface area contributed by atoms with E-state index in [4.69, 9.17) is 4.74 Å². The molecule has 3 aromatic rings. The number of likely N-dealkylation sites (N-methyl/N-ethyl adjacent to an activating group) is 1. The lowest BCUT2D eigenvalue weighted by molar-refractivity contribution is -0.121. The number of aryl methyl sites for hydroxylation is 1. The smallest absolute Gasteiger partial charge is 0.338 e. The van der Waals surface area contributed by atoms with Crippen LogP contribution < -0.4 is 4.90 Å². The first-order chi connectivity index (χ1) is 13.5. The number of para-hydroxylation sites is 1. The number of benzene rings is 2. The van der Waals surface area contributed by atoms with Crippen LogP contribution in [0.3, 0.4) is 0 Å². The van der Waals surface area contributed by atoms with E-state index in [-0.39, 0.29) is 12.5 Å². The SMILES string of the molecule is Cc1csc(SCc2ccccc2C(=O)OCC(=O)N(C)c2ccccc2)n1. The van der Waals surface area contributed by atoms with Crippen LogP contribution in [0.4, 0.5) is 5.69 Å². The highest BCUT2D eigenvalue weighted by Crippen LogP contribution is 2.27. The van der Waals surface area contributed by atoms with E-state index < -0.39 is 5.97 Å². The number of rotatable bonds is 7. The molecule has 2 aromatic carbocycles. The van der Waals surface area contributed by atoms with Gasteiger partial charge in [-0.2, -0.15) is 0 Å². The Morgan fingerprint density at radius 3 is 2.54 bits per heavy atom. The Bertz CT molecular complexity index is 957. The van der Waals surface area contributed by atoms with Gasteiger partial charge in [-0.1, -0.05) is 48.2 Å². The summed E-state index contributed by atoms with van der Waals surface area (Å²) >= 11 is 3.16. The summed E-state index contributed by atoms with van der Waals surface area (Å²) in [6.07, 6.45) is 0. The number of thiazole rings is 1. The third kappa shape index (κ3) is 5.21. The summed E-state index contributed by atoms with van der Waals surface area (Å²) in [6, 6.07) is 16.5. The van der Waals surface area contributed by atoms with Gasteiger partial charge in [-0.3, -0.25) is 4.79 Å². The van der Waals surface area contributed by atoms with Crippen LogP contribution in [0.15, 0.2) is 64.3 Å². The molecule has 1 amide bonds. The number of ether oxygens (including phenoxy) is 1.